The maximum Gasteiger partial charge on any atom is 0.277 e. The lowest BCUT2D eigenvalue weighted by molar-refractivity contribution is -0.907. The first-order valence-electron chi connectivity index (χ1n) is 9.70. The molecule has 0 radical (unpaired) electrons. The Morgan fingerprint density at radius 1 is 1.11 bits per heavy atom. The van der Waals surface area contributed by atoms with Crippen molar-refractivity contribution in [1.82, 2.24) is 9.21 Å². The van der Waals surface area contributed by atoms with Gasteiger partial charge < -0.3 is 19.3 Å². The van der Waals surface area contributed by atoms with Gasteiger partial charge in [-0.05, 0) is 38.1 Å². The Hall–Kier alpha value is -1.68. The molecule has 2 atom stereocenters. The number of ether oxygens (including phenoxy) is 2. The second kappa shape index (κ2) is 8.77. The Morgan fingerprint density at radius 3 is 2.21 bits per heavy atom. The van der Waals surface area contributed by atoms with Crippen molar-refractivity contribution >= 4 is 15.9 Å². The molecule has 1 aromatic rings. The fourth-order valence-electron chi connectivity index (χ4n) is 3.93. The molecule has 1 aromatic carbocycles. The van der Waals surface area contributed by atoms with Crippen LogP contribution in [0.25, 0.3) is 0 Å². The summed E-state index contributed by atoms with van der Waals surface area (Å²) in [5, 5.41) is 0. The summed E-state index contributed by atoms with van der Waals surface area (Å²) in [7, 11) is -2.02. The molecule has 2 heterocycles. The van der Waals surface area contributed by atoms with Crippen LogP contribution in [0.4, 0.5) is 0 Å². The number of carbonyl (C=O) groups excluding carboxylic acids is 1. The molecule has 0 aliphatic carbocycles. The predicted octanol–water partition coefficient (Wildman–Crippen LogP) is -0.780. The zero-order chi connectivity index (χ0) is 20.3. The SMILES string of the molecule is COc1ccc(S(=O)(=O)N2CCN(C(=O)C[NH+]3C[C@H](C)O[C@@H](C)C3)CC2)cc1. The van der Waals surface area contributed by atoms with Gasteiger partial charge in [0.1, 0.15) is 31.0 Å². The van der Waals surface area contributed by atoms with E-state index in [9.17, 15) is 13.2 Å². The standard InChI is InChI=1S/C19H29N3O5S/c1-15-12-20(13-16(2)27-15)14-19(23)21-8-10-22(11-9-21)28(24,25)18-6-4-17(26-3)5-7-18/h4-7,15-16H,8-14H2,1-3H3/p+1/t15-,16-/m0/s1. The number of benzene rings is 1. The third-order valence-corrected chi connectivity index (χ3v) is 7.22. The van der Waals surface area contributed by atoms with Crippen LogP contribution in [0.1, 0.15) is 13.8 Å². The molecule has 2 fully saturated rings. The Labute approximate surface area is 167 Å². The number of rotatable bonds is 5. The van der Waals surface area contributed by atoms with Crippen molar-refractivity contribution in [3.05, 3.63) is 24.3 Å². The number of sulfonamides is 1. The zero-order valence-corrected chi connectivity index (χ0v) is 17.6. The normalized spacial score (nSPS) is 26.8. The van der Waals surface area contributed by atoms with E-state index in [4.69, 9.17) is 9.47 Å². The van der Waals surface area contributed by atoms with Crippen molar-refractivity contribution in [2.24, 2.45) is 0 Å². The maximum atomic E-state index is 12.8. The summed E-state index contributed by atoms with van der Waals surface area (Å²) >= 11 is 0. The Kier molecular flexibility index (Phi) is 6.59. The summed E-state index contributed by atoms with van der Waals surface area (Å²) in [5.41, 5.74) is 0. The maximum absolute atomic E-state index is 12.8. The van der Waals surface area contributed by atoms with Gasteiger partial charge in [-0.3, -0.25) is 4.79 Å². The van der Waals surface area contributed by atoms with E-state index < -0.39 is 10.0 Å². The van der Waals surface area contributed by atoms with Crippen molar-refractivity contribution < 1.29 is 27.6 Å². The second-order valence-corrected chi connectivity index (χ2v) is 9.49. The number of nitrogens with one attached hydrogen (secondary N) is 1. The second-order valence-electron chi connectivity index (χ2n) is 7.55. The topological polar surface area (TPSA) is 80.6 Å². The van der Waals surface area contributed by atoms with Gasteiger partial charge in [-0.2, -0.15) is 4.31 Å². The van der Waals surface area contributed by atoms with E-state index in [0.29, 0.717) is 38.5 Å². The number of hydrogen-bond acceptors (Lipinski definition) is 5. The third kappa shape index (κ3) is 4.83. The first-order chi connectivity index (χ1) is 13.3. The monoisotopic (exact) mass is 412 g/mol. The number of amides is 1. The van der Waals surface area contributed by atoms with E-state index in [0.717, 1.165) is 13.1 Å². The molecule has 0 saturated carbocycles. The average molecular weight is 413 g/mol. The van der Waals surface area contributed by atoms with E-state index in [1.165, 1.54) is 9.21 Å². The highest BCUT2D eigenvalue weighted by Gasteiger charge is 2.33. The molecule has 2 aliphatic rings. The summed E-state index contributed by atoms with van der Waals surface area (Å²) in [4.78, 5) is 15.9. The van der Waals surface area contributed by atoms with Crippen LogP contribution < -0.4 is 9.64 Å². The highest BCUT2D eigenvalue weighted by molar-refractivity contribution is 7.89. The van der Waals surface area contributed by atoms with Crippen LogP contribution in [0, 0.1) is 0 Å². The fourth-order valence-corrected chi connectivity index (χ4v) is 5.36. The number of nitrogens with zero attached hydrogens (tertiary/aromatic N) is 2. The van der Waals surface area contributed by atoms with E-state index in [1.54, 1.807) is 36.3 Å². The molecule has 1 amide bonds. The molecule has 0 unspecified atom stereocenters. The molecule has 3 rings (SSSR count). The van der Waals surface area contributed by atoms with Gasteiger partial charge >= 0.3 is 0 Å². The van der Waals surface area contributed by atoms with Gasteiger partial charge in [0.2, 0.25) is 10.0 Å². The van der Waals surface area contributed by atoms with Crippen molar-refractivity contribution in [3.8, 4) is 5.75 Å². The molecule has 0 aromatic heterocycles. The highest BCUT2D eigenvalue weighted by Crippen LogP contribution is 2.20. The molecule has 28 heavy (non-hydrogen) atoms. The summed E-state index contributed by atoms with van der Waals surface area (Å²) in [5.74, 6) is 0.696. The fraction of sp³-hybridized carbons (Fsp3) is 0.632. The number of hydrogen-bond donors (Lipinski definition) is 1. The molecular weight excluding hydrogens is 382 g/mol. The van der Waals surface area contributed by atoms with Crippen LogP contribution in [-0.2, 0) is 19.6 Å². The molecule has 9 heteroatoms. The minimum atomic E-state index is -3.56. The lowest BCUT2D eigenvalue weighted by Gasteiger charge is -2.36. The number of morpholine rings is 1. The average Bonchev–Trinajstić information content (AvgIpc) is 2.67. The summed E-state index contributed by atoms with van der Waals surface area (Å²) in [6, 6.07) is 6.38. The molecule has 8 nitrogen and oxygen atoms in total. The molecule has 1 N–H and O–H groups in total. The predicted molar refractivity (Wildman–Crippen MR) is 104 cm³/mol. The number of methoxy groups -OCH3 is 1. The van der Waals surface area contributed by atoms with Crippen LogP contribution >= 0.6 is 0 Å². The van der Waals surface area contributed by atoms with Crippen LogP contribution in [0.2, 0.25) is 0 Å². The van der Waals surface area contributed by atoms with Gasteiger partial charge in [0.15, 0.2) is 6.54 Å². The number of piperazine rings is 1. The Morgan fingerprint density at radius 2 is 1.68 bits per heavy atom. The van der Waals surface area contributed by atoms with E-state index >= 15 is 0 Å². The van der Waals surface area contributed by atoms with Crippen LogP contribution in [0.3, 0.4) is 0 Å². The smallest absolute Gasteiger partial charge is 0.277 e. The summed E-state index contributed by atoms with van der Waals surface area (Å²) in [6.45, 7) is 7.60. The lowest BCUT2D eigenvalue weighted by atomic mass is 10.2. The van der Waals surface area contributed by atoms with Gasteiger partial charge in [-0.25, -0.2) is 8.42 Å². The van der Waals surface area contributed by atoms with Gasteiger partial charge in [-0.15, -0.1) is 0 Å². The number of carbonyl (C=O) groups is 1. The summed E-state index contributed by atoms with van der Waals surface area (Å²) in [6.07, 6.45) is 0.302. The van der Waals surface area contributed by atoms with Crippen molar-refractivity contribution in [2.75, 3.05) is 52.9 Å². The molecule has 0 spiro atoms. The minimum absolute atomic E-state index is 0.0813. The third-order valence-electron chi connectivity index (χ3n) is 5.31. The Balaban J connectivity index is 1.55. The minimum Gasteiger partial charge on any atom is -0.497 e. The Bertz CT molecular complexity index is 765. The van der Waals surface area contributed by atoms with Gasteiger partial charge in [0.25, 0.3) is 5.91 Å². The number of quaternary nitrogens is 1. The molecule has 0 bridgehead atoms. The van der Waals surface area contributed by atoms with Crippen molar-refractivity contribution in [3.63, 3.8) is 0 Å². The molecular formula is C19H30N3O5S+. The first-order valence-corrected chi connectivity index (χ1v) is 11.1. The van der Waals surface area contributed by atoms with Crippen LogP contribution in [0.5, 0.6) is 5.75 Å². The largest absolute Gasteiger partial charge is 0.497 e. The summed E-state index contributed by atoms with van der Waals surface area (Å²) < 4.78 is 37.9. The van der Waals surface area contributed by atoms with E-state index in [2.05, 4.69) is 0 Å². The van der Waals surface area contributed by atoms with Crippen molar-refractivity contribution in [2.45, 2.75) is 31.0 Å². The van der Waals surface area contributed by atoms with Crippen molar-refractivity contribution in [1.29, 1.82) is 0 Å². The quantitative estimate of drug-likeness (QED) is 0.686. The van der Waals surface area contributed by atoms with Gasteiger partial charge in [-0.1, -0.05) is 0 Å². The van der Waals surface area contributed by atoms with Crippen LogP contribution in [-0.4, -0.2) is 88.7 Å². The molecule has 156 valence electrons. The first kappa shape index (κ1) is 21.0. The zero-order valence-electron chi connectivity index (χ0n) is 16.8. The van der Waals surface area contributed by atoms with E-state index in [1.807, 2.05) is 13.8 Å². The van der Waals surface area contributed by atoms with E-state index in [-0.39, 0.29) is 23.0 Å². The molecule has 2 saturated heterocycles. The molecule has 2 aliphatic heterocycles. The van der Waals surface area contributed by atoms with Gasteiger partial charge in [0, 0.05) is 26.2 Å². The van der Waals surface area contributed by atoms with Gasteiger partial charge in [0.05, 0.1) is 12.0 Å². The lowest BCUT2D eigenvalue weighted by Crippen LogP contribution is -3.16. The highest BCUT2D eigenvalue weighted by atomic mass is 32.2. The van der Waals surface area contributed by atoms with Crippen LogP contribution in [0.15, 0.2) is 29.2 Å².